The third-order valence-corrected chi connectivity index (χ3v) is 10.8. The highest BCUT2D eigenvalue weighted by Gasteiger charge is 2.20. The van der Waals surface area contributed by atoms with Gasteiger partial charge in [0.2, 0.25) is 0 Å². The molecule has 3 nitrogen and oxygen atoms in total. The van der Waals surface area contributed by atoms with E-state index < -0.39 is 0 Å². The van der Waals surface area contributed by atoms with E-state index in [0.29, 0.717) is 17.5 Å². The van der Waals surface area contributed by atoms with E-state index in [9.17, 15) is 0 Å². The number of nitrogens with zero attached hydrogens (tertiary/aromatic N) is 3. The van der Waals surface area contributed by atoms with Gasteiger partial charge in [0.15, 0.2) is 17.5 Å². The highest BCUT2D eigenvalue weighted by Crippen LogP contribution is 2.46. The van der Waals surface area contributed by atoms with Crippen molar-refractivity contribution in [2.75, 3.05) is 0 Å². The van der Waals surface area contributed by atoms with Gasteiger partial charge in [0.25, 0.3) is 0 Å². The molecule has 0 saturated heterocycles. The van der Waals surface area contributed by atoms with Gasteiger partial charge in [0.05, 0.1) is 0 Å². The molecule has 0 radical (unpaired) electrons. The van der Waals surface area contributed by atoms with Crippen molar-refractivity contribution in [3.8, 4) is 45.3 Å². The summed E-state index contributed by atoms with van der Waals surface area (Å²) in [7, 11) is 0. The van der Waals surface area contributed by atoms with Crippen LogP contribution in [0, 0.1) is 0 Å². The Hall–Kier alpha value is -6.23. The summed E-state index contributed by atoms with van der Waals surface area (Å²) in [5.41, 5.74) is 5.17. The molecule has 4 heteroatoms. The summed E-state index contributed by atoms with van der Waals surface area (Å²) in [5, 5.41) is 9.99. The van der Waals surface area contributed by atoms with Crippen molar-refractivity contribution < 1.29 is 0 Å². The summed E-state index contributed by atoms with van der Waals surface area (Å²) >= 11 is 1.88. The Morgan fingerprint density at radius 1 is 0.327 bits per heavy atom. The molecule has 0 saturated carbocycles. The van der Waals surface area contributed by atoms with Gasteiger partial charge in [0, 0.05) is 47.8 Å². The third kappa shape index (κ3) is 4.61. The molecule has 228 valence electrons. The third-order valence-electron chi connectivity index (χ3n) is 9.49. The highest BCUT2D eigenvalue weighted by molar-refractivity contribution is 7.27. The van der Waals surface area contributed by atoms with Crippen molar-refractivity contribution >= 4 is 63.8 Å². The van der Waals surface area contributed by atoms with E-state index in [2.05, 4.69) is 127 Å². The lowest BCUT2D eigenvalue weighted by molar-refractivity contribution is 1.07. The zero-order valence-electron chi connectivity index (χ0n) is 26.3. The molecule has 0 spiro atoms. The van der Waals surface area contributed by atoms with E-state index in [1.165, 1.54) is 52.7 Å². The second-order valence-corrected chi connectivity index (χ2v) is 13.4. The number of aromatic nitrogens is 3. The van der Waals surface area contributed by atoms with Gasteiger partial charge in [-0.3, -0.25) is 0 Å². The first kappa shape index (κ1) is 27.8. The van der Waals surface area contributed by atoms with Crippen molar-refractivity contribution in [1.29, 1.82) is 0 Å². The van der Waals surface area contributed by atoms with Crippen LogP contribution >= 0.6 is 11.3 Å². The molecule has 10 aromatic rings. The largest absolute Gasteiger partial charge is 0.208 e. The van der Waals surface area contributed by atoms with Crippen LogP contribution in [-0.2, 0) is 0 Å². The monoisotopic (exact) mass is 641 g/mol. The number of rotatable bonds is 4. The van der Waals surface area contributed by atoms with Gasteiger partial charge in [-0.1, -0.05) is 152 Å². The lowest BCUT2D eigenvalue weighted by Crippen LogP contribution is -2.01. The smallest absolute Gasteiger partial charge is 0.164 e. The van der Waals surface area contributed by atoms with Gasteiger partial charge < -0.3 is 0 Å². The summed E-state index contributed by atoms with van der Waals surface area (Å²) in [6, 6.07) is 57.9. The van der Waals surface area contributed by atoms with E-state index >= 15 is 0 Å². The molecule has 49 heavy (non-hydrogen) atoms. The molecule has 0 aliphatic heterocycles. The van der Waals surface area contributed by atoms with Gasteiger partial charge >= 0.3 is 0 Å². The predicted molar refractivity (Wildman–Crippen MR) is 207 cm³/mol. The second kappa shape index (κ2) is 11.2. The number of hydrogen-bond donors (Lipinski definition) is 0. The van der Waals surface area contributed by atoms with Crippen LogP contribution < -0.4 is 0 Å². The van der Waals surface area contributed by atoms with Crippen LogP contribution in [0.25, 0.3) is 97.8 Å². The molecular weight excluding hydrogens is 615 g/mol. The summed E-state index contributed by atoms with van der Waals surface area (Å²) in [6.07, 6.45) is 0. The Bertz CT molecular complexity index is 2820. The minimum Gasteiger partial charge on any atom is -0.208 e. The SMILES string of the molecule is c1ccc(-c2nc(-c3ccccc3)nc(-c3cc4ccccc4cc3-c3cccc4c3sc3c4ccc4ccc5ccccc5c43)n2)cc1. The minimum atomic E-state index is 0.655. The van der Waals surface area contributed by atoms with Gasteiger partial charge in [-0.25, -0.2) is 15.0 Å². The standard InChI is InChI=1S/C45H27N3S/c1-3-13-30(14-4-1)43-46-44(31-15-5-2-6-16-31)48-45(47-43)39-27-33-18-8-7-17-32(33)26-38(39)36-21-11-20-35-37-25-24-29-23-22-28-12-9-10-19-34(28)40(29)42(37)49-41(35)36/h1-27H. The molecule has 0 bridgehead atoms. The van der Waals surface area contributed by atoms with E-state index in [1.54, 1.807) is 0 Å². The molecule has 2 heterocycles. The number of benzene rings is 8. The van der Waals surface area contributed by atoms with Crippen molar-refractivity contribution in [2.45, 2.75) is 0 Å². The average Bonchev–Trinajstić information content (AvgIpc) is 3.57. The Balaban J connectivity index is 1.28. The zero-order valence-corrected chi connectivity index (χ0v) is 27.2. The van der Waals surface area contributed by atoms with Gasteiger partial charge in [-0.05, 0) is 44.6 Å². The lowest BCUT2D eigenvalue weighted by Gasteiger charge is -2.14. The van der Waals surface area contributed by atoms with E-state index in [1.807, 2.05) is 47.7 Å². The normalized spacial score (nSPS) is 11.7. The molecule has 10 rings (SSSR count). The van der Waals surface area contributed by atoms with Crippen molar-refractivity contribution in [3.63, 3.8) is 0 Å². The summed E-state index contributed by atoms with van der Waals surface area (Å²) in [6.45, 7) is 0. The maximum atomic E-state index is 5.17. The van der Waals surface area contributed by atoms with Crippen LogP contribution in [0.2, 0.25) is 0 Å². The Labute approximate surface area is 286 Å². The topological polar surface area (TPSA) is 38.7 Å². The quantitative estimate of drug-likeness (QED) is 0.180. The lowest BCUT2D eigenvalue weighted by atomic mass is 9.93. The van der Waals surface area contributed by atoms with Crippen LogP contribution in [0.3, 0.4) is 0 Å². The van der Waals surface area contributed by atoms with Crippen LogP contribution in [0.15, 0.2) is 164 Å². The Morgan fingerprint density at radius 3 is 1.57 bits per heavy atom. The van der Waals surface area contributed by atoms with Gasteiger partial charge in [-0.15, -0.1) is 11.3 Å². The molecular formula is C45H27N3S. The molecule has 0 unspecified atom stereocenters. The van der Waals surface area contributed by atoms with Crippen molar-refractivity contribution in [2.24, 2.45) is 0 Å². The minimum absolute atomic E-state index is 0.655. The van der Waals surface area contributed by atoms with Crippen LogP contribution in [0.4, 0.5) is 0 Å². The zero-order chi connectivity index (χ0) is 32.3. The molecule has 8 aromatic carbocycles. The summed E-state index contributed by atoms with van der Waals surface area (Å²) < 4.78 is 2.58. The molecule has 0 N–H and O–H groups in total. The fourth-order valence-corrected chi connectivity index (χ4v) is 8.53. The predicted octanol–water partition coefficient (Wildman–Crippen LogP) is 12.4. The second-order valence-electron chi connectivity index (χ2n) is 12.4. The van der Waals surface area contributed by atoms with Crippen LogP contribution in [-0.4, -0.2) is 15.0 Å². The first-order chi connectivity index (χ1) is 24.3. The first-order valence-corrected chi connectivity index (χ1v) is 17.3. The average molecular weight is 642 g/mol. The Kier molecular flexibility index (Phi) is 6.36. The number of fused-ring (bicyclic) bond motifs is 8. The van der Waals surface area contributed by atoms with Crippen LogP contribution in [0.5, 0.6) is 0 Å². The highest BCUT2D eigenvalue weighted by atomic mass is 32.1. The molecule has 0 atom stereocenters. The molecule has 2 aromatic heterocycles. The van der Waals surface area contributed by atoms with Crippen molar-refractivity contribution in [1.82, 2.24) is 15.0 Å². The maximum absolute atomic E-state index is 5.17. The Morgan fingerprint density at radius 2 is 0.857 bits per heavy atom. The van der Waals surface area contributed by atoms with E-state index in [4.69, 9.17) is 15.0 Å². The van der Waals surface area contributed by atoms with Gasteiger partial charge in [-0.2, -0.15) is 0 Å². The van der Waals surface area contributed by atoms with E-state index in [-0.39, 0.29) is 0 Å². The maximum Gasteiger partial charge on any atom is 0.164 e. The van der Waals surface area contributed by atoms with E-state index in [0.717, 1.165) is 27.6 Å². The van der Waals surface area contributed by atoms with Crippen LogP contribution in [0.1, 0.15) is 0 Å². The van der Waals surface area contributed by atoms with Crippen molar-refractivity contribution in [3.05, 3.63) is 164 Å². The summed E-state index contributed by atoms with van der Waals surface area (Å²) in [4.78, 5) is 15.3. The first-order valence-electron chi connectivity index (χ1n) is 16.4. The molecule has 0 fully saturated rings. The fraction of sp³-hybridized carbons (Fsp3) is 0. The number of thiophene rings is 1. The molecule has 0 amide bonds. The summed E-state index contributed by atoms with van der Waals surface area (Å²) in [5.74, 6) is 1.96. The molecule has 0 aliphatic carbocycles. The fourth-order valence-electron chi connectivity index (χ4n) is 7.13. The molecule has 0 aliphatic rings. The number of hydrogen-bond acceptors (Lipinski definition) is 4. The van der Waals surface area contributed by atoms with Gasteiger partial charge in [0.1, 0.15) is 0 Å².